The van der Waals surface area contributed by atoms with Crippen molar-refractivity contribution in [1.82, 2.24) is 4.67 Å². The maximum Gasteiger partial charge on any atom is 0.258 e. The van der Waals surface area contributed by atoms with E-state index >= 15 is 0 Å². The van der Waals surface area contributed by atoms with Gasteiger partial charge >= 0.3 is 0 Å². The molecule has 0 bridgehead atoms. The standard InChI is InChI=1S/C8H17N2O3P.C7H12O2.3CH2O/c1-10(2)14(12-6-4-5-9)13-8-7-11-3;8-6-4-2-1-3-5-7-9;3*1-2/h4,6-8H2,1-3H3;6-7H,1-5H2;3*1H2. The van der Waals surface area contributed by atoms with E-state index in [-0.39, 0.29) is 0 Å². The number of carbonyl (C=O) groups excluding carboxylic acids is 5. The number of hydrogen-bond donors (Lipinski definition) is 0. The van der Waals surface area contributed by atoms with Crippen molar-refractivity contribution >= 4 is 41.5 Å². The average molecular weight is 438 g/mol. The van der Waals surface area contributed by atoms with Crippen LogP contribution >= 0.6 is 8.53 Å². The fourth-order valence-electron chi connectivity index (χ4n) is 1.27. The largest absolute Gasteiger partial charge is 0.382 e. The minimum atomic E-state index is -1.04. The van der Waals surface area contributed by atoms with Gasteiger partial charge < -0.3 is 37.8 Å². The van der Waals surface area contributed by atoms with Crippen molar-refractivity contribution in [1.29, 1.82) is 5.26 Å². The zero-order valence-corrected chi connectivity index (χ0v) is 18.6. The molecule has 0 aliphatic heterocycles. The van der Waals surface area contributed by atoms with Crippen LogP contribution in [-0.2, 0) is 37.8 Å². The van der Waals surface area contributed by atoms with Gasteiger partial charge in [-0.25, -0.2) is 4.67 Å². The Balaban J connectivity index is -0.000000110. The lowest BCUT2D eigenvalue weighted by atomic mass is 10.2. The predicted molar refractivity (Wildman–Crippen MR) is 111 cm³/mol. The number of ether oxygens (including phenoxy) is 1. The summed E-state index contributed by atoms with van der Waals surface area (Å²) in [6, 6.07) is 2.02. The SMILES string of the molecule is C=O.C=O.C=O.COCCOP(OCCC#N)N(C)C.O=CCCCCCC=O. The molecule has 0 heterocycles. The van der Waals surface area contributed by atoms with E-state index in [1.54, 1.807) is 7.11 Å². The van der Waals surface area contributed by atoms with Gasteiger partial charge in [-0.05, 0) is 26.9 Å². The third-order valence-electron chi connectivity index (χ3n) is 2.38. The lowest BCUT2D eigenvalue weighted by molar-refractivity contribution is -0.108. The zero-order valence-electron chi connectivity index (χ0n) is 17.7. The van der Waals surface area contributed by atoms with Gasteiger partial charge in [0.2, 0.25) is 0 Å². The van der Waals surface area contributed by atoms with E-state index in [0.29, 0.717) is 39.1 Å². The number of methoxy groups -OCH3 is 1. The highest BCUT2D eigenvalue weighted by Gasteiger charge is 2.13. The number of hydrogen-bond acceptors (Lipinski definition) is 10. The molecule has 0 aromatic carbocycles. The molecule has 170 valence electrons. The summed E-state index contributed by atoms with van der Waals surface area (Å²) in [4.78, 5) is 43.5. The first-order chi connectivity index (χ1) is 14.1. The van der Waals surface area contributed by atoms with Crippen LogP contribution in [-0.4, -0.2) is 78.6 Å². The van der Waals surface area contributed by atoms with Gasteiger partial charge in [0, 0.05) is 20.0 Å². The van der Waals surface area contributed by atoms with E-state index in [4.69, 9.17) is 33.4 Å². The molecular formula is C18H35N2O8P. The molecule has 10 nitrogen and oxygen atoms in total. The lowest BCUT2D eigenvalue weighted by Gasteiger charge is -2.21. The van der Waals surface area contributed by atoms with Crippen molar-refractivity contribution in [2.24, 2.45) is 0 Å². The molecule has 0 saturated heterocycles. The van der Waals surface area contributed by atoms with E-state index in [2.05, 4.69) is 0 Å². The van der Waals surface area contributed by atoms with Crippen LogP contribution in [0.1, 0.15) is 38.5 Å². The molecule has 0 rings (SSSR count). The number of nitriles is 1. The summed E-state index contributed by atoms with van der Waals surface area (Å²) < 4.78 is 17.5. The molecule has 0 N–H and O–H groups in total. The molecule has 0 spiro atoms. The topological polar surface area (TPSA) is 140 Å². The Kier molecular flexibility index (Phi) is 58.8. The third kappa shape index (κ3) is 46.3. The average Bonchev–Trinajstić information content (AvgIpc) is 2.77. The molecule has 11 heteroatoms. The Labute approximate surface area is 175 Å². The van der Waals surface area contributed by atoms with Crippen molar-refractivity contribution in [3.63, 3.8) is 0 Å². The summed E-state index contributed by atoms with van der Waals surface area (Å²) in [5.74, 6) is 0. The number of nitrogens with zero attached hydrogens (tertiary/aromatic N) is 2. The van der Waals surface area contributed by atoms with Gasteiger partial charge in [0.25, 0.3) is 8.53 Å². The van der Waals surface area contributed by atoms with E-state index in [1.807, 2.05) is 45.2 Å². The maximum absolute atomic E-state index is 9.77. The normalized spacial score (nSPS) is 9.34. The van der Waals surface area contributed by atoms with Crippen LogP contribution < -0.4 is 0 Å². The second kappa shape index (κ2) is 45.1. The summed E-state index contributed by atoms with van der Waals surface area (Å²) in [6.45, 7) is 7.47. The van der Waals surface area contributed by atoms with Crippen LogP contribution in [0.25, 0.3) is 0 Å². The van der Waals surface area contributed by atoms with E-state index < -0.39 is 8.53 Å². The van der Waals surface area contributed by atoms with Gasteiger partial charge in [0.1, 0.15) is 32.9 Å². The highest BCUT2D eigenvalue weighted by atomic mass is 31.2. The number of aldehydes is 2. The Morgan fingerprint density at radius 3 is 1.66 bits per heavy atom. The molecular weight excluding hydrogens is 403 g/mol. The molecule has 1 atom stereocenters. The molecule has 0 radical (unpaired) electrons. The fourth-order valence-corrected chi connectivity index (χ4v) is 2.28. The summed E-state index contributed by atoms with van der Waals surface area (Å²) in [6.07, 6.45) is 6.35. The lowest BCUT2D eigenvalue weighted by Crippen LogP contribution is -2.11. The van der Waals surface area contributed by atoms with E-state index in [9.17, 15) is 9.59 Å². The number of carbonyl (C=O) groups is 5. The quantitative estimate of drug-likeness (QED) is 0.225. The Morgan fingerprint density at radius 2 is 1.31 bits per heavy atom. The maximum atomic E-state index is 9.77. The van der Waals surface area contributed by atoms with Gasteiger partial charge in [0.15, 0.2) is 0 Å². The first-order valence-corrected chi connectivity index (χ1v) is 9.60. The molecule has 0 fully saturated rings. The highest BCUT2D eigenvalue weighted by molar-refractivity contribution is 7.44. The fraction of sp³-hybridized carbons (Fsp3) is 0.667. The first kappa shape index (κ1) is 37.8. The van der Waals surface area contributed by atoms with Crippen molar-refractivity contribution < 1.29 is 37.8 Å². The molecule has 1 unspecified atom stereocenters. The van der Waals surface area contributed by atoms with Crippen LogP contribution in [0.2, 0.25) is 0 Å². The molecule has 0 aromatic heterocycles. The summed E-state index contributed by atoms with van der Waals surface area (Å²) >= 11 is 0. The predicted octanol–water partition coefficient (Wildman–Crippen LogP) is 2.15. The van der Waals surface area contributed by atoms with Crippen molar-refractivity contribution in [2.75, 3.05) is 41.0 Å². The van der Waals surface area contributed by atoms with Crippen LogP contribution in [0.15, 0.2) is 0 Å². The highest BCUT2D eigenvalue weighted by Crippen LogP contribution is 2.39. The molecule has 0 amide bonds. The summed E-state index contributed by atoms with van der Waals surface area (Å²) in [5.41, 5.74) is 0. The molecule has 0 aliphatic rings. The number of rotatable bonds is 14. The van der Waals surface area contributed by atoms with Gasteiger partial charge in [-0.1, -0.05) is 6.42 Å². The molecule has 29 heavy (non-hydrogen) atoms. The van der Waals surface area contributed by atoms with Gasteiger partial charge in [-0.15, -0.1) is 0 Å². The second-order valence-electron chi connectivity index (χ2n) is 4.62. The molecule has 0 aromatic rings. The summed E-state index contributed by atoms with van der Waals surface area (Å²) in [5, 5.41) is 8.33. The van der Waals surface area contributed by atoms with Gasteiger partial charge in [-0.2, -0.15) is 5.26 Å². The van der Waals surface area contributed by atoms with Crippen LogP contribution in [0.5, 0.6) is 0 Å². The van der Waals surface area contributed by atoms with Crippen LogP contribution in [0.3, 0.4) is 0 Å². The Hall–Kier alpha value is -1.89. The number of unbranched alkanes of at least 4 members (excludes halogenated alkanes) is 4. The first-order valence-electron chi connectivity index (χ1n) is 8.46. The Bertz CT molecular complexity index is 342. The van der Waals surface area contributed by atoms with Crippen LogP contribution in [0.4, 0.5) is 0 Å². The van der Waals surface area contributed by atoms with Crippen molar-refractivity contribution in [2.45, 2.75) is 38.5 Å². The van der Waals surface area contributed by atoms with Crippen molar-refractivity contribution in [3.8, 4) is 6.07 Å². The monoisotopic (exact) mass is 438 g/mol. The van der Waals surface area contributed by atoms with Crippen molar-refractivity contribution in [3.05, 3.63) is 0 Å². The summed E-state index contributed by atoms with van der Waals surface area (Å²) in [7, 11) is 4.34. The van der Waals surface area contributed by atoms with Gasteiger partial charge in [-0.3, -0.25) is 0 Å². The zero-order chi connectivity index (χ0) is 23.8. The smallest absolute Gasteiger partial charge is 0.258 e. The van der Waals surface area contributed by atoms with E-state index in [0.717, 1.165) is 31.8 Å². The third-order valence-corrected chi connectivity index (χ3v) is 3.84. The second-order valence-corrected chi connectivity index (χ2v) is 6.42. The molecule has 0 aliphatic carbocycles. The van der Waals surface area contributed by atoms with E-state index in [1.165, 1.54) is 0 Å². The van der Waals surface area contributed by atoms with Crippen LogP contribution in [0, 0.1) is 11.3 Å². The Morgan fingerprint density at radius 1 is 0.862 bits per heavy atom. The minimum absolute atomic E-state index is 0.389. The minimum Gasteiger partial charge on any atom is -0.382 e. The molecule has 0 saturated carbocycles. The van der Waals surface area contributed by atoms with Gasteiger partial charge in [0.05, 0.1) is 32.3 Å².